The topological polar surface area (TPSA) is 77.4 Å². The van der Waals surface area contributed by atoms with E-state index in [9.17, 15) is 13.0 Å². The fourth-order valence-corrected chi connectivity index (χ4v) is 4.55. The van der Waals surface area contributed by atoms with Crippen molar-refractivity contribution in [3.8, 4) is 0 Å². The first-order chi connectivity index (χ1) is 13.0. The van der Waals surface area contributed by atoms with Gasteiger partial charge in [-0.25, -0.2) is 8.42 Å². The summed E-state index contributed by atoms with van der Waals surface area (Å²) in [6, 6.07) is 0. The summed E-state index contributed by atoms with van der Waals surface area (Å²) in [6.45, 7) is 2.12. The average molecular weight is 445 g/mol. The predicted molar refractivity (Wildman–Crippen MR) is 114 cm³/mol. The summed E-state index contributed by atoms with van der Waals surface area (Å²) in [5.41, 5.74) is 0. The zero-order valence-electron chi connectivity index (χ0n) is 18.8. The summed E-state index contributed by atoms with van der Waals surface area (Å²) in [6.07, 6.45) is 22.1. The van der Waals surface area contributed by atoms with Gasteiger partial charge < -0.3 is 9.66 Å². The molecule has 28 heavy (non-hydrogen) atoms. The van der Waals surface area contributed by atoms with E-state index < -0.39 is 15.4 Å². The molecule has 0 aliphatic carbocycles. The van der Waals surface area contributed by atoms with Gasteiger partial charge in [-0.05, 0) is 19.3 Å². The van der Waals surface area contributed by atoms with Crippen LogP contribution in [0.3, 0.4) is 0 Å². The Morgan fingerprint density at radius 1 is 0.643 bits per heavy atom. The van der Waals surface area contributed by atoms with Crippen molar-refractivity contribution in [1.29, 1.82) is 0 Å². The molecule has 0 heterocycles. The van der Waals surface area contributed by atoms with Gasteiger partial charge in [0, 0.05) is 11.9 Å². The molecule has 0 saturated heterocycles. The van der Waals surface area contributed by atoms with Crippen LogP contribution < -0.4 is 51.4 Å². The van der Waals surface area contributed by atoms with E-state index in [-0.39, 0.29) is 51.4 Å². The molecule has 1 atom stereocenters. The van der Waals surface area contributed by atoms with Gasteiger partial charge in [0.25, 0.3) is 0 Å². The summed E-state index contributed by atoms with van der Waals surface area (Å²) in [7, 11) is -4.10. The molecule has 0 bridgehead atoms. The van der Waals surface area contributed by atoms with Crippen molar-refractivity contribution in [2.75, 3.05) is 6.61 Å². The van der Waals surface area contributed by atoms with Gasteiger partial charge in [0.1, 0.15) is 0 Å². The molecule has 0 spiro atoms. The maximum absolute atomic E-state index is 11.0. The van der Waals surface area contributed by atoms with Crippen LogP contribution in [0.1, 0.15) is 129 Å². The first kappa shape index (κ1) is 31.7. The fourth-order valence-electron chi connectivity index (χ4n) is 3.69. The molecule has 1 unspecified atom stereocenters. The van der Waals surface area contributed by atoms with E-state index in [1.165, 1.54) is 83.5 Å². The molecule has 164 valence electrons. The van der Waals surface area contributed by atoms with Crippen molar-refractivity contribution in [2.45, 2.75) is 134 Å². The summed E-state index contributed by atoms with van der Waals surface area (Å²) in [5, 5.41) is 8.04. The molecule has 6 heteroatoms. The molecule has 0 aliphatic rings. The SMILES string of the molecule is CCC(CCCCCCCCCCCCCCCCCCCO)S(=O)(=O)[O-].[K+]. The molecule has 4 nitrogen and oxygen atoms in total. The average Bonchev–Trinajstić information content (AvgIpc) is 2.62. The Kier molecular flexibility index (Phi) is 26.2. The minimum absolute atomic E-state index is 0. The molecule has 0 aromatic rings. The maximum atomic E-state index is 11.0. The molecule has 0 aromatic heterocycles. The normalized spacial score (nSPS) is 12.7. The van der Waals surface area contributed by atoms with Crippen molar-refractivity contribution >= 4 is 10.1 Å². The van der Waals surface area contributed by atoms with Gasteiger partial charge in [-0.2, -0.15) is 0 Å². The monoisotopic (exact) mass is 444 g/mol. The molecule has 0 rings (SSSR count). The first-order valence-corrected chi connectivity index (χ1v) is 13.0. The Balaban J connectivity index is 0. The van der Waals surface area contributed by atoms with Gasteiger partial charge in [-0.1, -0.05) is 110 Å². The Morgan fingerprint density at radius 2 is 0.929 bits per heavy atom. The second-order valence-electron chi connectivity index (χ2n) is 8.05. The van der Waals surface area contributed by atoms with E-state index in [1.807, 2.05) is 0 Å². The summed E-state index contributed by atoms with van der Waals surface area (Å²) < 4.78 is 33.0. The third-order valence-corrected chi connectivity index (χ3v) is 6.93. The van der Waals surface area contributed by atoms with E-state index in [0.717, 1.165) is 25.7 Å². The summed E-state index contributed by atoms with van der Waals surface area (Å²) in [4.78, 5) is 0. The van der Waals surface area contributed by atoms with Crippen LogP contribution in [0, 0.1) is 0 Å². The molecule has 0 aliphatic heterocycles. The van der Waals surface area contributed by atoms with E-state index in [1.54, 1.807) is 6.92 Å². The Hall–Kier alpha value is 1.51. The van der Waals surface area contributed by atoms with Crippen LogP contribution in [-0.2, 0) is 10.1 Å². The molecular weight excluding hydrogens is 399 g/mol. The molecular formula is C22H45KO4S. The Labute approximate surface area is 218 Å². The van der Waals surface area contributed by atoms with Gasteiger partial charge in [0.05, 0.1) is 10.1 Å². The number of aliphatic hydroxyl groups is 1. The minimum Gasteiger partial charge on any atom is -0.748 e. The van der Waals surface area contributed by atoms with Crippen molar-refractivity contribution in [2.24, 2.45) is 0 Å². The number of hydrogen-bond donors (Lipinski definition) is 1. The van der Waals surface area contributed by atoms with Crippen molar-refractivity contribution < 1.29 is 69.5 Å². The Morgan fingerprint density at radius 3 is 1.18 bits per heavy atom. The fraction of sp³-hybridized carbons (Fsp3) is 1.00. The number of aliphatic hydroxyl groups excluding tert-OH is 1. The first-order valence-electron chi connectivity index (χ1n) is 11.6. The van der Waals surface area contributed by atoms with Crippen LogP contribution in [-0.4, -0.2) is 29.9 Å². The molecule has 0 saturated carbocycles. The maximum Gasteiger partial charge on any atom is 1.00 e. The van der Waals surface area contributed by atoms with E-state index in [2.05, 4.69) is 0 Å². The van der Waals surface area contributed by atoms with Crippen molar-refractivity contribution in [3.63, 3.8) is 0 Å². The minimum atomic E-state index is -4.10. The quantitative estimate of drug-likeness (QED) is 0.167. The molecule has 1 N–H and O–H groups in total. The van der Waals surface area contributed by atoms with E-state index in [0.29, 0.717) is 19.4 Å². The van der Waals surface area contributed by atoms with Crippen molar-refractivity contribution in [1.82, 2.24) is 0 Å². The molecule has 0 radical (unpaired) electrons. The van der Waals surface area contributed by atoms with Crippen LogP contribution >= 0.6 is 0 Å². The second-order valence-corrected chi connectivity index (χ2v) is 9.70. The number of rotatable bonds is 21. The summed E-state index contributed by atoms with van der Waals surface area (Å²) >= 11 is 0. The van der Waals surface area contributed by atoms with Gasteiger partial charge in [0.2, 0.25) is 0 Å². The number of unbranched alkanes of at least 4 members (excludes halogenated alkanes) is 16. The molecule has 0 amide bonds. The summed E-state index contributed by atoms with van der Waals surface area (Å²) in [5.74, 6) is 0. The van der Waals surface area contributed by atoms with Crippen LogP contribution in [0.2, 0.25) is 0 Å². The van der Waals surface area contributed by atoms with Gasteiger partial charge >= 0.3 is 51.4 Å². The van der Waals surface area contributed by atoms with Crippen LogP contribution in [0.25, 0.3) is 0 Å². The van der Waals surface area contributed by atoms with Gasteiger partial charge in [-0.15, -0.1) is 0 Å². The van der Waals surface area contributed by atoms with E-state index >= 15 is 0 Å². The predicted octanol–water partition coefficient (Wildman–Crippen LogP) is 3.33. The van der Waals surface area contributed by atoms with Gasteiger partial charge in [0.15, 0.2) is 0 Å². The largest absolute Gasteiger partial charge is 1.00 e. The standard InChI is InChI=1S/C22H46O4S.K/c1-2-22(27(24,25)26)20-18-16-14-12-10-8-6-4-3-5-7-9-11-13-15-17-19-21-23;/h22-23H,2-21H2,1H3,(H,24,25,26);/q;+1/p-1. The Bertz CT molecular complexity index is 401. The smallest absolute Gasteiger partial charge is 0.748 e. The number of hydrogen-bond acceptors (Lipinski definition) is 4. The molecule has 0 aromatic carbocycles. The van der Waals surface area contributed by atoms with Crippen LogP contribution in [0.5, 0.6) is 0 Å². The third kappa shape index (κ3) is 22.2. The van der Waals surface area contributed by atoms with Crippen LogP contribution in [0.15, 0.2) is 0 Å². The van der Waals surface area contributed by atoms with E-state index in [4.69, 9.17) is 5.11 Å². The van der Waals surface area contributed by atoms with Gasteiger partial charge in [-0.3, -0.25) is 0 Å². The third-order valence-electron chi connectivity index (χ3n) is 5.55. The van der Waals surface area contributed by atoms with Crippen LogP contribution in [0.4, 0.5) is 0 Å². The molecule has 0 fully saturated rings. The second kappa shape index (κ2) is 23.2. The zero-order chi connectivity index (χ0) is 20.2. The zero-order valence-corrected chi connectivity index (χ0v) is 22.7. The van der Waals surface area contributed by atoms with Crippen molar-refractivity contribution in [3.05, 3.63) is 0 Å².